The Labute approximate surface area is 128 Å². The molecule has 0 aromatic heterocycles. The van der Waals surface area contributed by atoms with E-state index in [1.54, 1.807) is 12.1 Å². The van der Waals surface area contributed by atoms with Crippen molar-refractivity contribution in [3.05, 3.63) is 63.9 Å². The first-order valence-electron chi connectivity index (χ1n) is 6.64. The number of hydrogen-bond acceptors (Lipinski definition) is 1. The summed E-state index contributed by atoms with van der Waals surface area (Å²) in [6, 6.07) is 13.5. The van der Waals surface area contributed by atoms with Crippen LogP contribution in [0.4, 0.5) is 10.1 Å². The number of benzene rings is 2. The molecule has 2 rings (SSSR count). The van der Waals surface area contributed by atoms with E-state index in [2.05, 4.69) is 66.3 Å². The Hall–Kier alpha value is -1.35. The van der Waals surface area contributed by atoms with Crippen molar-refractivity contribution in [2.24, 2.45) is 0 Å². The third-order valence-electron chi connectivity index (χ3n) is 3.23. The van der Waals surface area contributed by atoms with Crippen LogP contribution in [0.2, 0.25) is 0 Å². The van der Waals surface area contributed by atoms with Crippen LogP contribution in [0.1, 0.15) is 31.9 Å². The minimum Gasteiger partial charge on any atom is -0.381 e. The van der Waals surface area contributed by atoms with Crippen molar-refractivity contribution in [2.45, 2.75) is 32.7 Å². The smallest absolute Gasteiger partial charge is 0.137 e. The molecule has 0 bridgehead atoms. The summed E-state index contributed by atoms with van der Waals surface area (Å²) in [5, 5.41) is 3.34. The highest BCUT2D eigenvalue weighted by Crippen LogP contribution is 2.24. The molecule has 1 N–H and O–H groups in total. The van der Waals surface area contributed by atoms with Crippen molar-refractivity contribution in [3.8, 4) is 0 Å². The Bertz CT molecular complexity index is 585. The molecule has 2 aromatic carbocycles. The van der Waals surface area contributed by atoms with Crippen LogP contribution in [-0.2, 0) is 12.0 Å². The second kappa shape index (κ2) is 5.96. The molecule has 20 heavy (non-hydrogen) atoms. The van der Waals surface area contributed by atoms with Crippen LogP contribution in [0, 0.1) is 5.82 Å². The highest BCUT2D eigenvalue weighted by atomic mass is 79.9. The van der Waals surface area contributed by atoms with Crippen LogP contribution >= 0.6 is 15.9 Å². The third-order valence-corrected chi connectivity index (χ3v) is 3.84. The van der Waals surface area contributed by atoms with Gasteiger partial charge in [-0.05, 0) is 56.7 Å². The van der Waals surface area contributed by atoms with Crippen LogP contribution < -0.4 is 5.32 Å². The summed E-state index contributed by atoms with van der Waals surface area (Å²) in [5.74, 6) is -0.233. The van der Waals surface area contributed by atoms with Crippen molar-refractivity contribution in [2.75, 3.05) is 5.32 Å². The van der Waals surface area contributed by atoms with E-state index in [0.717, 1.165) is 11.3 Å². The molecule has 0 aliphatic carbocycles. The highest BCUT2D eigenvalue weighted by molar-refractivity contribution is 9.10. The molecule has 0 fully saturated rings. The number of hydrogen-bond donors (Lipinski definition) is 1. The maximum atomic E-state index is 13.2. The van der Waals surface area contributed by atoms with Gasteiger partial charge >= 0.3 is 0 Å². The van der Waals surface area contributed by atoms with Gasteiger partial charge in [0.1, 0.15) is 5.82 Å². The van der Waals surface area contributed by atoms with E-state index in [0.29, 0.717) is 11.0 Å². The fourth-order valence-corrected chi connectivity index (χ4v) is 2.37. The predicted octanol–water partition coefficient (Wildman–Crippen LogP) is 5.50. The van der Waals surface area contributed by atoms with Crippen molar-refractivity contribution >= 4 is 21.6 Å². The second-order valence-corrected chi connectivity index (χ2v) is 6.78. The van der Waals surface area contributed by atoms with Gasteiger partial charge in [0, 0.05) is 12.2 Å². The van der Waals surface area contributed by atoms with Crippen LogP contribution in [0.5, 0.6) is 0 Å². The lowest BCUT2D eigenvalue weighted by molar-refractivity contribution is 0.590. The van der Waals surface area contributed by atoms with Crippen LogP contribution in [-0.4, -0.2) is 0 Å². The topological polar surface area (TPSA) is 12.0 Å². The Balaban J connectivity index is 2.02. The van der Waals surface area contributed by atoms with E-state index in [1.807, 2.05) is 0 Å². The van der Waals surface area contributed by atoms with E-state index < -0.39 is 0 Å². The lowest BCUT2D eigenvalue weighted by Crippen LogP contribution is -2.10. The van der Waals surface area contributed by atoms with Crippen molar-refractivity contribution in [1.29, 1.82) is 0 Å². The zero-order valence-corrected chi connectivity index (χ0v) is 13.6. The molecule has 1 nitrogen and oxygen atoms in total. The predicted molar refractivity (Wildman–Crippen MR) is 86.6 cm³/mol. The van der Waals surface area contributed by atoms with Gasteiger partial charge < -0.3 is 5.32 Å². The summed E-state index contributed by atoms with van der Waals surface area (Å²) in [6.07, 6.45) is 0. The average Bonchev–Trinajstić information content (AvgIpc) is 2.40. The fourth-order valence-electron chi connectivity index (χ4n) is 1.94. The van der Waals surface area contributed by atoms with E-state index in [9.17, 15) is 4.39 Å². The molecule has 106 valence electrons. The molecule has 0 unspecified atom stereocenters. The zero-order chi connectivity index (χ0) is 14.8. The van der Waals surface area contributed by atoms with Crippen molar-refractivity contribution in [1.82, 2.24) is 0 Å². The molecule has 0 saturated heterocycles. The standard InChI is InChI=1S/C17H19BrFN/c1-17(2,3)13-5-7-14(8-6-13)20-11-12-4-9-16(19)15(18)10-12/h4-10,20H,11H2,1-3H3. The van der Waals surface area contributed by atoms with Gasteiger partial charge in [0.2, 0.25) is 0 Å². The first-order valence-corrected chi connectivity index (χ1v) is 7.44. The molecule has 3 heteroatoms. The van der Waals surface area contributed by atoms with Gasteiger partial charge in [-0.2, -0.15) is 0 Å². The molecule has 0 aliphatic rings. The Kier molecular flexibility index (Phi) is 4.48. The van der Waals surface area contributed by atoms with E-state index >= 15 is 0 Å². The minimum atomic E-state index is -0.233. The molecule has 0 spiro atoms. The molecular weight excluding hydrogens is 317 g/mol. The van der Waals surface area contributed by atoms with Crippen LogP contribution in [0.25, 0.3) is 0 Å². The number of anilines is 1. The number of halogens is 2. The highest BCUT2D eigenvalue weighted by Gasteiger charge is 2.12. The molecular formula is C17H19BrFN. The van der Waals surface area contributed by atoms with Crippen LogP contribution in [0.15, 0.2) is 46.9 Å². The quantitative estimate of drug-likeness (QED) is 0.781. The van der Waals surface area contributed by atoms with Gasteiger partial charge in [-0.15, -0.1) is 0 Å². The first kappa shape index (κ1) is 15.0. The number of rotatable bonds is 3. The first-order chi connectivity index (χ1) is 9.36. The molecule has 0 aliphatic heterocycles. The van der Waals surface area contributed by atoms with Gasteiger partial charge in [0.05, 0.1) is 4.47 Å². The zero-order valence-electron chi connectivity index (χ0n) is 12.0. The maximum Gasteiger partial charge on any atom is 0.137 e. The van der Waals surface area contributed by atoms with Crippen molar-refractivity contribution < 1.29 is 4.39 Å². The van der Waals surface area contributed by atoms with E-state index in [-0.39, 0.29) is 11.2 Å². The largest absolute Gasteiger partial charge is 0.381 e. The number of nitrogens with one attached hydrogen (secondary N) is 1. The molecule has 0 saturated carbocycles. The monoisotopic (exact) mass is 335 g/mol. The lowest BCUT2D eigenvalue weighted by atomic mass is 9.87. The summed E-state index contributed by atoms with van der Waals surface area (Å²) in [4.78, 5) is 0. The van der Waals surface area contributed by atoms with Gasteiger partial charge in [-0.3, -0.25) is 0 Å². The Morgan fingerprint density at radius 3 is 2.25 bits per heavy atom. The van der Waals surface area contributed by atoms with Crippen molar-refractivity contribution in [3.63, 3.8) is 0 Å². The van der Waals surface area contributed by atoms with E-state index in [4.69, 9.17) is 0 Å². The summed E-state index contributed by atoms with van der Waals surface area (Å²) in [7, 11) is 0. The summed E-state index contributed by atoms with van der Waals surface area (Å²) >= 11 is 3.20. The van der Waals surface area contributed by atoms with Crippen LogP contribution in [0.3, 0.4) is 0 Å². The van der Waals surface area contributed by atoms with Gasteiger partial charge in [-0.25, -0.2) is 4.39 Å². The summed E-state index contributed by atoms with van der Waals surface area (Å²) < 4.78 is 13.7. The molecule has 0 heterocycles. The summed E-state index contributed by atoms with van der Waals surface area (Å²) in [6.45, 7) is 7.27. The maximum absolute atomic E-state index is 13.2. The summed E-state index contributed by atoms with van der Waals surface area (Å²) in [5.41, 5.74) is 3.59. The Morgan fingerprint density at radius 2 is 1.70 bits per heavy atom. The second-order valence-electron chi connectivity index (χ2n) is 5.93. The molecule has 0 atom stereocenters. The lowest BCUT2D eigenvalue weighted by Gasteiger charge is -2.19. The van der Waals surface area contributed by atoms with E-state index in [1.165, 1.54) is 11.6 Å². The average molecular weight is 336 g/mol. The molecule has 0 radical (unpaired) electrons. The minimum absolute atomic E-state index is 0.167. The molecule has 2 aromatic rings. The van der Waals surface area contributed by atoms with Gasteiger partial charge in [0.15, 0.2) is 0 Å². The fraction of sp³-hybridized carbons (Fsp3) is 0.294. The third kappa shape index (κ3) is 3.83. The normalized spacial score (nSPS) is 11.4. The van der Waals surface area contributed by atoms with Gasteiger partial charge in [0.25, 0.3) is 0 Å². The SMILES string of the molecule is CC(C)(C)c1ccc(NCc2ccc(F)c(Br)c2)cc1. The Morgan fingerprint density at radius 1 is 1.05 bits per heavy atom. The molecule has 0 amide bonds. The van der Waals surface area contributed by atoms with Gasteiger partial charge in [-0.1, -0.05) is 39.0 Å².